The molecule has 7 heteroatoms. The number of ether oxygens (including phenoxy) is 2. The van der Waals surface area contributed by atoms with Crippen LogP contribution in [0, 0.1) is 5.41 Å². The standard InChI is InChI=1S/C16H27NO6/c1-14(2,3)22-12(20)16(11(18)19)8-7-9-17(10-16)13(21)23-15(4,5)6/h7-10H2,1-6H3,(H,18,19). The van der Waals surface area contributed by atoms with Crippen molar-refractivity contribution in [2.45, 2.75) is 65.6 Å². The van der Waals surface area contributed by atoms with Crippen LogP contribution in [0.25, 0.3) is 0 Å². The Morgan fingerprint density at radius 2 is 1.52 bits per heavy atom. The van der Waals surface area contributed by atoms with Crippen LogP contribution < -0.4 is 0 Å². The predicted octanol–water partition coefficient (Wildman–Crippen LogP) is 2.43. The second-order valence-electron chi connectivity index (χ2n) is 7.89. The van der Waals surface area contributed by atoms with Gasteiger partial charge in [0, 0.05) is 6.54 Å². The molecule has 7 nitrogen and oxygen atoms in total. The third-order valence-corrected chi connectivity index (χ3v) is 3.34. The third kappa shape index (κ3) is 5.11. The van der Waals surface area contributed by atoms with Crippen molar-refractivity contribution >= 4 is 18.0 Å². The minimum atomic E-state index is -1.75. The van der Waals surface area contributed by atoms with Gasteiger partial charge >= 0.3 is 18.0 Å². The van der Waals surface area contributed by atoms with Crippen molar-refractivity contribution in [3.8, 4) is 0 Å². The van der Waals surface area contributed by atoms with Gasteiger partial charge in [-0.2, -0.15) is 0 Å². The lowest BCUT2D eigenvalue weighted by molar-refractivity contribution is -0.180. The minimum absolute atomic E-state index is 0.135. The molecule has 1 aliphatic rings. The fourth-order valence-corrected chi connectivity index (χ4v) is 2.34. The molecule has 0 saturated carbocycles. The summed E-state index contributed by atoms with van der Waals surface area (Å²) in [5, 5.41) is 9.61. The fraction of sp³-hybridized carbons (Fsp3) is 0.812. The van der Waals surface area contributed by atoms with Crippen molar-refractivity contribution < 1.29 is 29.0 Å². The number of piperidine rings is 1. The number of carboxylic acid groups (broad SMARTS) is 1. The van der Waals surface area contributed by atoms with Gasteiger partial charge in [0.25, 0.3) is 0 Å². The van der Waals surface area contributed by atoms with E-state index >= 15 is 0 Å². The number of hydrogen-bond donors (Lipinski definition) is 1. The van der Waals surface area contributed by atoms with Crippen molar-refractivity contribution in [3.05, 3.63) is 0 Å². The Balaban J connectivity index is 2.99. The van der Waals surface area contributed by atoms with Crippen molar-refractivity contribution in [2.24, 2.45) is 5.41 Å². The first kappa shape index (κ1) is 19.3. The molecule has 1 heterocycles. The van der Waals surface area contributed by atoms with E-state index in [0.29, 0.717) is 13.0 Å². The molecule has 23 heavy (non-hydrogen) atoms. The Bertz CT molecular complexity index is 488. The lowest BCUT2D eigenvalue weighted by atomic mass is 9.80. The maximum atomic E-state index is 12.4. The van der Waals surface area contributed by atoms with Gasteiger partial charge in [-0.15, -0.1) is 0 Å². The van der Waals surface area contributed by atoms with Crippen molar-refractivity contribution in [3.63, 3.8) is 0 Å². The Hall–Kier alpha value is -1.79. The van der Waals surface area contributed by atoms with Crippen LogP contribution in [-0.4, -0.2) is 52.3 Å². The Morgan fingerprint density at radius 1 is 1.00 bits per heavy atom. The summed E-state index contributed by atoms with van der Waals surface area (Å²) >= 11 is 0. The summed E-state index contributed by atoms with van der Waals surface area (Å²) in [6, 6.07) is 0. The molecule has 1 aliphatic heterocycles. The highest BCUT2D eigenvalue weighted by atomic mass is 16.6. The van der Waals surface area contributed by atoms with Crippen LogP contribution in [-0.2, 0) is 19.1 Å². The smallest absolute Gasteiger partial charge is 0.410 e. The van der Waals surface area contributed by atoms with E-state index in [4.69, 9.17) is 9.47 Å². The fourth-order valence-electron chi connectivity index (χ4n) is 2.34. The average molecular weight is 329 g/mol. The number of carbonyl (C=O) groups is 3. The molecule has 1 atom stereocenters. The van der Waals surface area contributed by atoms with Crippen LogP contribution in [0.2, 0.25) is 0 Å². The highest BCUT2D eigenvalue weighted by Gasteiger charge is 2.52. The highest BCUT2D eigenvalue weighted by Crippen LogP contribution is 2.34. The molecular weight excluding hydrogens is 302 g/mol. The number of rotatable bonds is 2. The summed E-state index contributed by atoms with van der Waals surface area (Å²) < 4.78 is 10.5. The summed E-state index contributed by atoms with van der Waals surface area (Å²) in [6.45, 7) is 10.3. The van der Waals surface area contributed by atoms with Gasteiger partial charge in [-0.3, -0.25) is 9.59 Å². The molecule has 1 unspecified atom stereocenters. The van der Waals surface area contributed by atoms with Gasteiger partial charge in [0.2, 0.25) is 0 Å². The summed E-state index contributed by atoms with van der Waals surface area (Å²) in [4.78, 5) is 37.7. The van der Waals surface area contributed by atoms with E-state index in [0.717, 1.165) is 0 Å². The van der Waals surface area contributed by atoms with E-state index in [-0.39, 0.29) is 13.0 Å². The van der Waals surface area contributed by atoms with Crippen LogP contribution in [0.3, 0.4) is 0 Å². The van der Waals surface area contributed by atoms with Gasteiger partial charge in [0.1, 0.15) is 11.2 Å². The third-order valence-electron chi connectivity index (χ3n) is 3.34. The molecule has 0 aromatic heterocycles. The molecule has 1 fully saturated rings. The molecule has 1 rings (SSSR count). The number of hydrogen-bond acceptors (Lipinski definition) is 5. The summed E-state index contributed by atoms with van der Waals surface area (Å²) in [5.74, 6) is -2.09. The van der Waals surface area contributed by atoms with Gasteiger partial charge in [-0.1, -0.05) is 0 Å². The topological polar surface area (TPSA) is 93.1 Å². The Kier molecular flexibility index (Phi) is 5.34. The SMILES string of the molecule is CC(C)(C)OC(=O)N1CCCC(C(=O)O)(C(=O)OC(C)(C)C)C1. The zero-order chi connectivity index (χ0) is 18.1. The van der Waals surface area contributed by atoms with Gasteiger partial charge in [0.15, 0.2) is 5.41 Å². The molecule has 0 spiro atoms. The predicted molar refractivity (Wildman–Crippen MR) is 83.0 cm³/mol. The minimum Gasteiger partial charge on any atom is -0.480 e. The second-order valence-corrected chi connectivity index (χ2v) is 7.89. The van der Waals surface area contributed by atoms with Crippen molar-refractivity contribution in [1.29, 1.82) is 0 Å². The zero-order valence-corrected chi connectivity index (χ0v) is 14.8. The van der Waals surface area contributed by atoms with Crippen LogP contribution in [0.1, 0.15) is 54.4 Å². The largest absolute Gasteiger partial charge is 0.480 e. The van der Waals surface area contributed by atoms with E-state index in [2.05, 4.69) is 0 Å². The molecule has 0 aliphatic carbocycles. The lowest BCUT2D eigenvalue weighted by Gasteiger charge is -2.39. The molecule has 0 aromatic carbocycles. The van der Waals surface area contributed by atoms with Gasteiger partial charge in [-0.05, 0) is 54.4 Å². The molecule has 0 bridgehead atoms. The molecule has 1 saturated heterocycles. The second kappa shape index (κ2) is 6.37. The van der Waals surface area contributed by atoms with E-state index in [1.165, 1.54) is 4.90 Å². The number of likely N-dealkylation sites (tertiary alicyclic amines) is 1. The number of nitrogens with zero attached hydrogens (tertiary/aromatic N) is 1. The van der Waals surface area contributed by atoms with E-state index in [1.807, 2.05) is 0 Å². The van der Waals surface area contributed by atoms with Crippen LogP contribution in [0.4, 0.5) is 4.79 Å². The number of esters is 1. The quantitative estimate of drug-likeness (QED) is 0.618. The highest BCUT2D eigenvalue weighted by molar-refractivity contribution is 6.00. The normalized spacial score (nSPS) is 22.4. The van der Waals surface area contributed by atoms with E-state index in [1.54, 1.807) is 41.5 Å². The molecule has 0 radical (unpaired) electrons. The monoisotopic (exact) mass is 329 g/mol. The maximum Gasteiger partial charge on any atom is 0.410 e. The number of carboxylic acids is 1. The number of aliphatic carboxylic acids is 1. The number of amides is 1. The van der Waals surface area contributed by atoms with Crippen LogP contribution >= 0.6 is 0 Å². The summed E-state index contributed by atoms with van der Waals surface area (Å²) in [6.07, 6.45) is -0.0900. The maximum absolute atomic E-state index is 12.4. The molecular formula is C16H27NO6. The zero-order valence-electron chi connectivity index (χ0n) is 14.8. The molecule has 0 aromatic rings. The lowest BCUT2D eigenvalue weighted by Crippen LogP contribution is -2.56. The molecule has 1 N–H and O–H groups in total. The van der Waals surface area contributed by atoms with Gasteiger partial charge in [0.05, 0.1) is 6.54 Å². The summed E-state index contributed by atoms with van der Waals surface area (Å²) in [7, 11) is 0. The Morgan fingerprint density at radius 3 is 1.96 bits per heavy atom. The number of carbonyl (C=O) groups excluding carboxylic acids is 2. The van der Waals surface area contributed by atoms with E-state index in [9.17, 15) is 19.5 Å². The van der Waals surface area contributed by atoms with Crippen LogP contribution in [0.5, 0.6) is 0 Å². The summed E-state index contributed by atoms with van der Waals surface area (Å²) in [5.41, 5.74) is -3.23. The van der Waals surface area contributed by atoms with Gasteiger partial charge in [-0.25, -0.2) is 4.79 Å². The first-order chi connectivity index (χ1) is 10.3. The molecule has 1 amide bonds. The first-order valence-electron chi connectivity index (χ1n) is 7.72. The van der Waals surface area contributed by atoms with E-state index < -0.39 is 34.6 Å². The van der Waals surface area contributed by atoms with Crippen molar-refractivity contribution in [2.75, 3.05) is 13.1 Å². The molecule has 132 valence electrons. The van der Waals surface area contributed by atoms with Crippen molar-refractivity contribution in [1.82, 2.24) is 4.90 Å². The van der Waals surface area contributed by atoms with Crippen LogP contribution in [0.15, 0.2) is 0 Å². The van der Waals surface area contributed by atoms with Gasteiger partial charge < -0.3 is 19.5 Å². The Labute approximate surface area is 136 Å². The average Bonchev–Trinajstić information content (AvgIpc) is 2.34. The first-order valence-corrected chi connectivity index (χ1v) is 7.72.